The van der Waals surface area contributed by atoms with Crippen LogP contribution in [0.3, 0.4) is 0 Å². The molecule has 4 nitrogen and oxygen atoms in total. The molecule has 2 rings (SSSR count). The van der Waals surface area contributed by atoms with Gasteiger partial charge in [-0.2, -0.15) is 13.2 Å². The molecular weight excluding hydrogens is 267 g/mol. The zero-order valence-corrected chi connectivity index (χ0v) is 10.3. The van der Waals surface area contributed by atoms with Crippen LogP contribution < -0.4 is 4.90 Å². The number of carbonyl (C=O) groups excluding carboxylic acids is 1. The molecule has 0 radical (unpaired) electrons. The summed E-state index contributed by atoms with van der Waals surface area (Å²) in [6.07, 6.45) is -2.89. The van der Waals surface area contributed by atoms with Gasteiger partial charge in [-0.05, 0) is 0 Å². The fourth-order valence-corrected chi connectivity index (χ4v) is 2.30. The lowest BCUT2D eigenvalue weighted by atomic mass is 10.3. The maximum absolute atomic E-state index is 12.1. The van der Waals surface area contributed by atoms with Crippen molar-refractivity contribution >= 4 is 28.4 Å². The highest BCUT2D eigenvalue weighted by molar-refractivity contribution is 7.15. The van der Waals surface area contributed by atoms with Crippen molar-refractivity contribution in [2.45, 2.75) is 12.6 Å². The Morgan fingerprint density at radius 2 is 2.28 bits per heavy atom. The van der Waals surface area contributed by atoms with Gasteiger partial charge in [-0.1, -0.05) is 0 Å². The van der Waals surface area contributed by atoms with Gasteiger partial charge in [-0.15, -0.1) is 11.3 Å². The molecule has 0 aliphatic heterocycles. The van der Waals surface area contributed by atoms with Crippen molar-refractivity contribution in [1.82, 2.24) is 9.38 Å². The van der Waals surface area contributed by atoms with Crippen molar-refractivity contribution in [3.05, 3.63) is 17.3 Å². The van der Waals surface area contributed by atoms with Crippen molar-refractivity contribution in [2.24, 2.45) is 0 Å². The smallest absolute Gasteiger partial charge is 0.357 e. The Labute approximate surface area is 105 Å². The Morgan fingerprint density at radius 1 is 1.56 bits per heavy atom. The molecule has 2 aromatic heterocycles. The van der Waals surface area contributed by atoms with E-state index in [-0.39, 0.29) is 18.1 Å². The number of thiazole rings is 1. The summed E-state index contributed by atoms with van der Waals surface area (Å²) in [7, 11) is 1.49. The largest absolute Gasteiger partial charge is 0.390 e. The first kappa shape index (κ1) is 12.9. The zero-order chi connectivity index (χ0) is 13.3. The molecule has 0 N–H and O–H groups in total. The Bertz CT molecular complexity index is 560. The summed E-state index contributed by atoms with van der Waals surface area (Å²) >= 11 is 1.32. The first-order valence-electron chi connectivity index (χ1n) is 5.11. The van der Waals surface area contributed by atoms with E-state index in [0.717, 1.165) is 0 Å². The third-order valence-corrected chi connectivity index (χ3v) is 3.24. The fourth-order valence-electron chi connectivity index (χ4n) is 1.58. The molecule has 0 aliphatic rings. The average Bonchev–Trinajstić information content (AvgIpc) is 2.83. The normalized spacial score (nSPS) is 12.0. The topological polar surface area (TPSA) is 37.6 Å². The van der Waals surface area contributed by atoms with Crippen molar-refractivity contribution in [3.8, 4) is 0 Å². The molecule has 0 spiro atoms. The predicted molar refractivity (Wildman–Crippen MR) is 62.4 cm³/mol. The predicted octanol–water partition coefficient (Wildman–Crippen LogP) is 2.60. The van der Waals surface area contributed by atoms with E-state index in [1.165, 1.54) is 23.3 Å². The number of hydrogen-bond donors (Lipinski definition) is 0. The van der Waals surface area contributed by atoms with E-state index in [2.05, 4.69) is 4.98 Å². The van der Waals surface area contributed by atoms with Crippen LogP contribution >= 0.6 is 11.3 Å². The summed E-state index contributed by atoms with van der Waals surface area (Å²) in [6.45, 7) is -0.227. The maximum Gasteiger partial charge on any atom is 0.390 e. The van der Waals surface area contributed by atoms with Gasteiger partial charge < -0.3 is 4.90 Å². The first-order valence-corrected chi connectivity index (χ1v) is 5.99. The summed E-state index contributed by atoms with van der Waals surface area (Å²) in [5.74, 6) is 0.279. The van der Waals surface area contributed by atoms with E-state index in [1.54, 1.807) is 16.0 Å². The zero-order valence-electron chi connectivity index (χ0n) is 9.44. The number of hydrogen-bond acceptors (Lipinski definition) is 4. The lowest BCUT2D eigenvalue weighted by Crippen LogP contribution is -2.25. The number of anilines is 1. The number of rotatable bonds is 4. The molecule has 0 amide bonds. The first-order chi connectivity index (χ1) is 8.42. The minimum atomic E-state index is -4.22. The molecule has 0 bridgehead atoms. The molecule has 8 heteroatoms. The average molecular weight is 277 g/mol. The summed E-state index contributed by atoms with van der Waals surface area (Å²) in [4.78, 5) is 17.1. The van der Waals surface area contributed by atoms with Crippen LogP contribution in [0.1, 0.15) is 16.9 Å². The number of aldehydes is 1. The number of carbonyl (C=O) groups is 1. The second kappa shape index (κ2) is 4.60. The van der Waals surface area contributed by atoms with Crippen LogP contribution in [-0.2, 0) is 0 Å². The molecule has 18 heavy (non-hydrogen) atoms. The van der Waals surface area contributed by atoms with Crippen molar-refractivity contribution in [3.63, 3.8) is 0 Å². The van der Waals surface area contributed by atoms with Gasteiger partial charge >= 0.3 is 6.18 Å². The van der Waals surface area contributed by atoms with E-state index in [1.807, 2.05) is 0 Å². The van der Waals surface area contributed by atoms with Crippen LogP contribution in [0.2, 0.25) is 0 Å². The highest BCUT2D eigenvalue weighted by Gasteiger charge is 2.28. The minimum absolute atomic E-state index is 0.227. The minimum Gasteiger partial charge on any atom is -0.357 e. The Balaban J connectivity index is 2.24. The molecular formula is C10H10F3N3OS. The Hall–Kier alpha value is -1.57. The van der Waals surface area contributed by atoms with E-state index < -0.39 is 12.6 Å². The number of alkyl halides is 3. The molecule has 0 aromatic carbocycles. The number of nitrogens with zero attached hydrogens (tertiary/aromatic N) is 3. The number of fused-ring (bicyclic) bond motifs is 1. The highest BCUT2D eigenvalue weighted by Crippen LogP contribution is 2.25. The van der Waals surface area contributed by atoms with Gasteiger partial charge in [0.25, 0.3) is 0 Å². The molecule has 0 fully saturated rings. The maximum atomic E-state index is 12.1. The summed E-state index contributed by atoms with van der Waals surface area (Å²) in [5.41, 5.74) is 0.274. The van der Waals surface area contributed by atoms with Crippen LogP contribution in [0.15, 0.2) is 11.6 Å². The lowest BCUT2D eigenvalue weighted by molar-refractivity contribution is -0.132. The molecule has 0 atom stereocenters. The molecule has 0 saturated heterocycles. The van der Waals surface area contributed by atoms with Gasteiger partial charge in [0.05, 0.1) is 6.42 Å². The van der Waals surface area contributed by atoms with Gasteiger partial charge in [0, 0.05) is 25.2 Å². The van der Waals surface area contributed by atoms with Crippen LogP contribution in [-0.4, -0.2) is 35.4 Å². The van der Waals surface area contributed by atoms with E-state index in [9.17, 15) is 18.0 Å². The Morgan fingerprint density at radius 3 is 2.89 bits per heavy atom. The quantitative estimate of drug-likeness (QED) is 0.806. The van der Waals surface area contributed by atoms with Crippen molar-refractivity contribution in [1.29, 1.82) is 0 Å². The van der Waals surface area contributed by atoms with Gasteiger partial charge in [-0.3, -0.25) is 9.20 Å². The van der Waals surface area contributed by atoms with Gasteiger partial charge in [0.15, 0.2) is 17.1 Å². The standard InChI is InChI=1S/C10H10F3N3OS/c1-15(3-2-10(11,12)13)8-7(6-17)16-4-5-18-9(16)14-8/h4-6H,2-3H2,1H3. The third kappa shape index (κ3) is 2.47. The van der Waals surface area contributed by atoms with Gasteiger partial charge in [0.1, 0.15) is 5.69 Å². The Kier molecular flexibility index (Phi) is 3.29. The summed E-state index contributed by atoms with van der Waals surface area (Å²) < 4.78 is 38.0. The summed E-state index contributed by atoms with van der Waals surface area (Å²) in [5, 5.41) is 1.76. The van der Waals surface area contributed by atoms with Crippen molar-refractivity contribution in [2.75, 3.05) is 18.5 Å². The molecule has 0 unspecified atom stereocenters. The second-order valence-corrected chi connectivity index (χ2v) is 4.65. The second-order valence-electron chi connectivity index (χ2n) is 3.78. The fraction of sp³-hybridized carbons (Fsp3) is 0.400. The summed E-state index contributed by atoms with van der Waals surface area (Å²) in [6, 6.07) is 0. The molecule has 0 aliphatic carbocycles. The van der Waals surface area contributed by atoms with E-state index in [0.29, 0.717) is 11.2 Å². The van der Waals surface area contributed by atoms with E-state index >= 15 is 0 Å². The molecule has 98 valence electrons. The number of halogens is 3. The molecule has 0 saturated carbocycles. The SMILES string of the molecule is CN(CCC(F)(F)F)c1nc2sccn2c1C=O. The van der Waals surface area contributed by atoms with Crippen LogP contribution in [0.25, 0.3) is 4.96 Å². The monoisotopic (exact) mass is 277 g/mol. The molecule has 2 aromatic rings. The highest BCUT2D eigenvalue weighted by atomic mass is 32.1. The van der Waals surface area contributed by atoms with Crippen LogP contribution in [0.5, 0.6) is 0 Å². The van der Waals surface area contributed by atoms with Gasteiger partial charge in [-0.25, -0.2) is 4.98 Å². The van der Waals surface area contributed by atoms with Gasteiger partial charge in [0.2, 0.25) is 0 Å². The van der Waals surface area contributed by atoms with Crippen LogP contribution in [0.4, 0.5) is 19.0 Å². The van der Waals surface area contributed by atoms with Crippen molar-refractivity contribution < 1.29 is 18.0 Å². The number of aromatic nitrogens is 2. The number of imidazole rings is 1. The van der Waals surface area contributed by atoms with E-state index in [4.69, 9.17) is 0 Å². The molecule has 2 heterocycles. The van der Waals surface area contributed by atoms with Crippen LogP contribution in [0, 0.1) is 0 Å². The third-order valence-electron chi connectivity index (χ3n) is 2.48. The lowest BCUT2D eigenvalue weighted by Gasteiger charge is -2.17.